The lowest BCUT2D eigenvalue weighted by atomic mass is 10.6. The molecule has 0 saturated carbocycles. The van der Waals surface area contributed by atoms with Crippen molar-refractivity contribution in [2.24, 2.45) is 14.1 Å². The fourth-order valence-corrected chi connectivity index (χ4v) is 0.630. The van der Waals surface area contributed by atoms with Gasteiger partial charge in [0.1, 0.15) is 0 Å². The van der Waals surface area contributed by atoms with Gasteiger partial charge < -0.3 is 14.5 Å². The molecule has 1 heterocycles. The average molecular weight is 140 g/mol. The Hall–Kier alpha value is -1.32. The molecule has 0 aliphatic rings. The van der Waals surface area contributed by atoms with E-state index in [4.69, 9.17) is 5.11 Å². The van der Waals surface area contributed by atoms with Crippen LogP contribution in [0.1, 0.15) is 0 Å². The topological polar surface area (TPSA) is 46.1 Å². The monoisotopic (exact) mass is 140 g/mol. The summed E-state index contributed by atoms with van der Waals surface area (Å²) in [4.78, 5) is 10.8. The van der Waals surface area contributed by atoms with E-state index in [2.05, 4.69) is 6.20 Å². The zero-order chi connectivity index (χ0) is 7.72. The van der Waals surface area contributed by atoms with E-state index in [1.165, 1.54) is 17.7 Å². The van der Waals surface area contributed by atoms with Crippen LogP contribution in [-0.4, -0.2) is 9.67 Å². The summed E-state index contributed by atoms with van der Waals surface area (Å²) in [6.45, 7) is 0. The lowest BCUT2D eigenvalue weighted by molar-refractivity contribution is -0.686. The molecule has 0 aromatic carbocycles. The van der Waals surface area contributed by atoms with Gasteiger partial charge in [-0.1, -0.05) is 0 Å². The van der Waals surface area contributed by atoms with Gasteiger partial charge in [-0.3, -0.25) is 4.57 Å². The van der Waals surface area contributed by atoms with Crippen LogP contribution in [0, 0.1) is 6.20 Å². The minimum Gasteiger partial charge on any atom is -0.504 e. The molecule has 10 heavy (non-hydrogen) atoms. The van der Waals surface area contributed by atoms with Crippen molar-refractivity contribution in [3.05, 3.63) is 22.6 Å². The SMILES string of the molecule is Cn1c(O)[n+](C)[c-]cc1=O. The summed E-state index contributed by atoms with van der Waals surface area (Å²) in [6, 6.07) is 1.16. The summed E-state index contributed by atoms with van der Waals surface area (Å²) < 4.78 is 2.47. The van der Waals surface area contributed by atoms with E-state index >= 15 is 0 Å². The Bertz CT molecular complexity index is 303. The highest BCUT2D eigenvalue weighted by molar-refractivity contribution is 4.85. The molecule has 0 saturated heterocycles. The van der Waals surface area contributed by atoms with Crippen molar-refractivity contribution in [1.82, 2.24) is 4.57 Å². The first-order valence-electron chi connectivity index (χ1n) is 2.79. The maximum Gasteiger partial charge on any atom is 0.343 e. The standard InChI is InChI=1S/C6H8N2O2/c1-7-4-3-5(9)8(2)6(7)10/h3,10H,1-2H3. The third-order valence-corrected chi connectivity index (χ3v) is 1.31. The zero-order valence-electron chi connectivity index (χ0n) is 5.83. The van der Waals surface area contributed by atoms with Crippen LogP contribution in [0.2, 0.25) is 0 Å². The van der Waals surface area contributed by atoms with E-state index in [0.717, 1.165) is 4.57 Å². The van der Waals surface area contributed by atoms with E-state index in [1.54, 1.807) is 7.05 Å². The van der Waals surface area contributed by atoms with Crippen LogP contribution in [0.5, 0.6) is 6.01 Å². The minimum absolute atomic E-state index is 0.104. The summed E-state index contributed by atoms with van der Waals surface area (Å²) in [5.41, 5.74) is -0.268. The Labute approximate surface area is 58.0 Å². The van der Waals surface area contributed by atoms with Crippen molar-refractivity contribution in [3.8, 4) is 6.01 Å². The van der Waals surface area contributed by atoms with Crippen LogP contribution >= 0.6 is 0 Å². The molecule has 0 spiro atoms. The Kier molecular flexibility index (Phi) is 1.45. The van der Waals surface area contributed by atoms with Crippen molar-refractivity contribution >= 4 is 0 Å². The molecule has 0 aliphatic heterocycles. The molecule has 4 nitrogen and oxygen atoms in total. The van der Waals surface area contributed by atoms with Crippen molar-refractivity contribution in [3.63, 3.8) is 0 Å². The summed E-state index contributed by atoms with van der Waals surface area (Å²) in [6.07, 6.45) is 2.54. The molecular weight excluding hydrogens is 132 g/mol. The smallest absolute Gasteiger partial charge is 0.343 e. The molecule has 0 bridgehead atoms. The molecular formula is C6H8N2O2. The lowest BCUT2D eigenvalue weighted by Crippen LogP contribution is -2.35. The van der Waals surface area contributed by atoms with Crippen LogP contribution in [0.4, 0.5) is 0 Å². The van der Waals surface area contributed by atoms with E-state index in [0.29, 0.717) is 0 Å². The maximum atomic E-state index is 10.8. The highest BCUT2D eigenvalue weighted by Crippen LogP contribution is 1.88. The molecule has 0 aliphatic carbocycles. The predicted molar refractivity (Wildman–Crippen MR) is 33.4 cm³/mol. The summed E-state index contributed by atoms with van der Waals surface area (Å²) in [5.74, 6) is 0. The quantitative estimate of drug-likeness (QED) is 0.360. The van der Waals surface area contributed by atoms with Gasteiger partial charge in [-0.15, -0.1) is 0 Å². The first-order chi connectivity index (χ1) is 4.63. The first kappa shape index (κ1) is 6.80. The molecule has 4 heteroatoms. The number of aryl methyl sites for hydroxylation is 1. The second-order valence-electron chi connectivity index (χ2n) is 2.03. The second kappa shape index (κ2) is 2.13. The summed E-state index contributed by atoms with van der Waals surface area (Å²) in [7, 11) is 3.10. The van der Waals surface area contributed by atoms with E-state index in [9.17, 15) is 4.79 Å². The van der Waals surface area contributed by atoms with Gasteiger partial charge in [0, 0.05) is 6.20 Å². The highest BCUT2D eigenvalue weighted by atomic mass is 16.3. The van der Waals surface area contributed by atoms with Crippen molar-refractivity contribution < 1.29 is 9.67 Å². The van der Waals surface area contributed by atoms with E-state index in [-0.39, 0.29) is 11.6 Å². The van der Waals surface area contributed by atoms with Gasteiger partial charge in [-0.05, 0) is 6.07 Å². The third kappa shape index (κ3) is 0.877. The number of hydrogen-bond acceptors (Lipinski definition) is 2. The second-order valence-corrected chi connectivity index (χ2v) is 2.03. The van der Waals surface area contributed by atoms with Crippen LogP contribution in [0.3, 0.4) is 0 Å². The molecule has 1 rings (SSSR count). The average Bonchev–Trinajstić information content (AvgIpc) is 1.93. The van der Waals surface area contributed by atoms with Gasteiger partial charge in [0.05, 0.1) is 14.1 Å². The van der Waals surface area contributed by atoms with Crippen LogP contribution in [0.15, 0.2) is 10.9 Å². The Morgan fingerprint density at radius 1 is 1.80 bits per heavy atom. The first-order valence-corrected chi connectivity index (χ1v) is 2.79. The largest absolute Gasteiger partial charge is 0.504 e. The molecule has 0 unspecified atom stereocenters. The van der Waals surface area contributed by atoms with Crippen molar-refractivity contribution in [2.75, 3.05) is 0 Å². The van der Waals surface area contributed by atoms with Crippen molar-refractivity contribution in [2.45, 2.75) is 0 Å². The molecule has 1 aromatic heterocycles. The molecule has 0 fully saturated rings. The van der Waals surface area contributed by atoms with Gasteiger partial charge in [0.2, 0.25) is 5.56 Å². The Balaban J connectivity index is 3.49. The van der Waals surface area contributed by atoms with Gasteiger partial charge in [0.15, 0.2) is 0 Å². The maximum absolute atomic E-state index is 10.8. The van der Waals surface area contributed by atoms with Gasteiger partial charge >= 0.3 is 6.01 Å². The van der Waals surface area contributed by atoms with Crippen molar-refractivity contribution in [1.29, 1.82) is 0 Å². The van der Waals surface area contributed by atoms with Gasteiger partial charge in [-0.2, -0.15) is 0 Å². The highest BCUT2D eigenvalue weighted by Gasteiger charge is 1.97. The fraction of sp³-hybridized carbons (Fsp3) is 0.333. The molecule has 54 valence electrons. The minimum atomic E-state index is -0.268. The lowest BCUT2D eigenvalue weighted by Gasteiger charge is -2.04. The number of nitrogens with zero attached hydrogens (tertiary/aromatic N) is 2. The summed E-state index contributed by atoms with van der Waals surface area (Å²) >= 11 is 0. The Morgan fingerprint density at radius 2 is 2.40 bits per heavy atom. The van der Waals surface area contributed by atoms with Crippen LogP contribution in [0.25, 0.3) is 0 Å². The van der Waals surface area contributed by atoms with Crippen LogP contribution < -0.4 is 10.1 Å². The fourth-order valence-electron chi connectivity index (χ4n) is 0.630. The number of aromatic hydroxyl groups is 1. The van der Waals surface area contributed by atoms with E-state index < -0.39 is 0 Å². The normalized spacial score (nSPS) is 9.80. The zero-order valence-corrected chi connectivity index (χ0v) is 5.83. The van der Waals surface area contributed by atoms with E-state index in [1.807, 2.05) is 0 Å². The number of rotatable bonds is 0. The van der Waals surface area contributed by atoms with Gasteiger partial charge in [-0.25, -0.2) is 0 Å². The number of hydrogen-bond donors (Lipinski definition) is 1. The third-order valence-electron chi connectivity index (χ3n) is 1.31. The molecule has 1 N–H and O–H groups in total. The Morgan fingerprint density at radius 3 is 2.90 bits per heavy atom. The molecule has 0 amide bonds. The predicted octanol–water partition coefficient (Wildman–Crippen LogP) is -1.28. The molecule has 0 atom stereocenters. The van der Waals surface area contributed by atoms with Crippen LogP contribution in [-0.2, 0) is 14.1 Å². The molecule has 1 aromatic rings. The van der Waals surface area contributed by atoms with Gasteiger partial charge in [0.25, 0.3) is 0 Å². The summed E-state index contributed by atoms with van der Waals surface area (Å²) in [5, 5.41) is 9.08. The molecule has 0 radical (unpaired) electrons. The number of aromatic nitrogens is 2.